The van der Waals surface area contributed by atoms with Crippen LogP contribution in [0.5, 0.6) is 0 Å². The highest BCUT2D eigenvalue weighted by atomic mass is 16.3. The summed E-state index contributed by atoms with van der Waals surface area (Å²) in [5.41, 5.74) is 0.171. The van der Waals surface area contributed by atoms with Crippen molar-refractivity contribution in [2.24, 2.45) is 5.92 Å². The molecule has 3 atom stereocenters. The molecule has 2 rings (SSSR count). The van der Waals surface area contributed by atoms with Crippen LogP contribution in [0.1, 0.15) is 57.8 Å². The van der Waals surface area contributed by atoms with Gasteiger partial charge in [0, 0.05) is 5.54 Å². The van der Waals surface area contributed by atoms with Gasteiger partial charge in [-0.1, -0.05) is 26.7 Å². The second-order valence-corrected chi connectivity index (χ2v) is 6.60. The smallest absolute Gasteiger partial charge is 0.122 e. The number of furan rings is 1. The van der Waals surface area contributed by atoms with E-state index in [1.165, 1.54) is 25.7 Å². The molecule has 0 amide bonds. The number of nitrogens with zero attached hydrogens (tertiary/aromatic N) is 1. The summed E-state index contributed by atoms with van der Waals surface area (Å²) in [5, 5.41) is 3.75. The summed E-state index contributed by atoms with van der Waals surface area (Å²) in [4.78, 5) is 2.43. The van der Waals surface area contributed by atoms with Gasteiger partial charge in [0.15, 0.2) is 0 Å². The Bertz CT molecular complexity index is 388. The fourth-order valence-corrected chi connectivity index (χ4v) is 3.79. The minimum absolute atomic E-state index is 0.171. The molecule has 0 bridgehead atoms. The van der Waals surface area contributed by atoms with E-state index in [-0.39, 0.29) is 11.6 Å². The molecule has 1 aromatic heterocycles. The van der Waals surface area contributed by atoms with Crippen molar-refractivity contribution in [2.45, 2.75) is 57.5 Å². The number of hydrogen-bond donors (Lipinski definition) is 1. The summed E-state index contributed by atoms with van der Waals surface area (Å²) in [6.07, 6.45) is 8.09. The third-order valence-electron chi connectivity index (χ3n) is 4.86. The van der Waals surface area contributed by atoms with Gasteiger partial charge in [0.05, 0.1) is 12.3 Å². The van der Waals surface area contributed by atoms with Gasteiger partial charge >= 0.3 is 0 Å². The average Bonchev–Trinajstić information content (AvgIpc) is 2.93. The molecule has 1 aliphatic rings. The first kappa shape index (κ1) is 15.6. The van der Waals surface area contributed by atoms with Crippen molar-refractivity contribution in [3.8, 4) is 0 Å². The molecule has 3 heteroatoms. The second-order valence-electron chi connectivity index (χ2n) is 6.60. The molecule has 0 aliphatic heterocycles. The molecule has 1 aromatic rings. The Labute approximate surface area is 123 Å². The lowest BCUT2D eigenvalue weighted by atomic mass is 9.70. The maximum atomic E-state index is 5.77. The van der Waals surface area contributed by atoms with Crippen LogP contribution in [0.2, 0.25) is 0 Å². The lowest BCUT2D eigenvalue weighted by Gasteiger charge is -2.49. The van der Waals surface area contributed by atoms with Gasteiger partial charge in [-0.05, 0) is 58.0 Å². The zero-order valence-electron chi connectivity index (χ0n) is 13.5. The number of rotatable bonds is 6. The summed E-state index contributed by atoms with van der Waals surface area (Å²) in [5.74, 6) is 1.87. The molecule has 1 heterocycles. The fourth-order valence-electron chi connectivity index (χ4n) is 3.79. The van der Waals surface area contributed by atoms with Crippen LogP contribution < -0.4 is 5.32 Å². The van der Waals surface area contributed by atoms with Crippen molar-refractivity contribution in [1.82, 2.24) is 10.2 Å². The van der Waals surface area contributed by atoms with Crippen LogP contribution in [0.3, 0.4) is 0 Å². The van der Waals surface area contributed by atoms with Gasteiger partial charge < -0.3 is 14.6 Å². The standard InChI is InChI=1S/C17H30N2O/c1-5-11-18-16(15-9-7-12-20-15)17(19(3)4)10-6-8-14(2)13-17/h7,9,12,14,16,18H,5-6,8,10-11,13H2,1-4H3. The van der Waals surface area contributed by atoms with E-state index in [0.29, 0.717) is 0 Å². The molecule has 1 N–H and O–H groups in total. The SMILES string of the molecule is CCCNC(c1ccco1)C1(N(C)C)CCCC(C)C1. The first-order chi connectivity index (χ1) is 9.60. The molecular formula is C17H30N2O. The maximum Gasteiger partial charge on any atom is 0.122 e. The molecule has 3 unspecified atom stereocenters. The Balaban J connectivity index is 2.31. The van der Waals surface area contributed by atoms with Gasteiger partial charge in [0.25, 0.3) is 0 Å². The summed E-state index contributed by atoms with van der Waals surface area (Å²) >= 11 is 0. The zero-order chi connectivity index (χ0) is 14.6. The van der Waals surface area contributed by atoms with Crippen molar-refractivity contribution in [2.75, 3.05) is 20.6 Å². The molecule has 0 spiro atoms. The topological polar surface area (TPSA) is 28.4 Å². The fraction of sp³-hybridized carbons (Fsp3) is 0.765. The highest BCUT2D eigenvalue weighted by Crippen LogP contribution is 2.44. The second kappa shape index (κ2) is 6.77. The summed E-state index contributed by atoms with van der Waals surface area (Å²) in [7, 11) is 4.45. The predicted octanol–water partition coefficient (Wildman–Crippen LogP) is 3.83. The zero-order valence-corrected chi connectivity index (χ0v) is 13.5. The van der Waals surface area contributed by atoms with E-state index in [1.807, 2.05) is 6.07 Å². The molecule has 0 saturated heterocycles. The maximum absolute atomic E-state index is 5.77. The van der Waals surface area contributed by atoms with Crippen molar-refractivity contribution in [1.29, 1.82) is 0 Å². The molecule has 1 aliphatic carbocycles. The summed E-state index contributed by atoms with van der Waals surface area (Å²) in [6.45, 7) is 5.64. The van der Waals surface area contributed by atoms with Gasteiger partial charge in [-0.25, -0.2) is 0 Å². The van der Waals surface area contributed by atoms with E-state index in [2.05, 4.69) is 44.2 Å². The highest BCUT2D eigenvalue weighted by molar-refractivity contribution is 5.14. The minimum atomic E-state index is 0.171. The molecule has 3 nitrogen and oxygen atoms in total. The number of hydrogen-bond acceptors (Lipinski definition) is 3. The van der Waals surface area contributed by atoms with Crippen molar-refractivity contribution < 1.29 is 4.42 Å². The normalized spacial score (nSPS) is 28.8. The largest absolute Gasteiger partial charge is 0.468 e. The molecule has 1 fully saturated rings. The van der Waals surface area contributed by atoms with Crippen LogP contribution in [0.4, 0.5) is 0 Å². The monoisotopic (exact) mass is 278 g/mol. The Morgan fingerprint density at radius 1 is 1.50 bits per heavy atom. The third-order valence-corrected chi connectivity index (χ3v) is 4.86. The van der Waals surface area contributed by atoms with Crippen molar-refractivity contribution in [3.05, 3.63) is 24.2 Å². The van der Waals surface area contributed by atoms with Crippen LogP contribution in [-0.4, -0.2) is 31.1 Å². The van der Waals surface area contributed by atoms with E-state index in [9.17, 15) is 0 Å². The molecule has 1 saturated carbocycles. The van der Waals surface area contributed by atoms with Gasteiger partial charge in [0.2, 0.25) is 0 Å². The van der Waals surface area contributed by atoms with Gasteiger partial charge in [-0.3, -0.25) is 0 Å². The third kappa shape index (κ3) is 3.09. The number of likely N-dealkylation sites (N-methyl/N-ethyl adjacent to an activating group) is 1. The molecule has 114 valence electrons. The van der Waals surface area contributed by atoms with Gasteiger partial charge in [-0.15, -0.1) is 0 Å². The highest BCUT2D eigenvalue weighted by Gasteiger charge is 2.45. The first-order valence-electron chi connectivity index (χ1n) is 8.04. The van der Waals surface area contributed by atoms with Crippen LogP contribution in [0.15, 0.2) is 22.8 Å². The lowest BCUT2D eigenvalue weighted by molar-refractivity contribution is 0.0293. The molecule has 0 radical (unpaired) electrons. The summed E-state index contributed by atoms with van der Waals surface area (Å²) < 4.78 is 5.77. The predicted molar refractivity (Wildman–Crippen MR) is 83.8 cm³/mol. The Morgan fingerprint density at radius 2 is 2.30 bits per heavy atom. The van der Waals surface area contributed by atoms with Crippen molar-refractivity contribution >= 4 is 0 Å². The Morgan fingerprint density at radius 3 is 2.85 bits per heavy atom. The van der Waals surface area contributed by atoms with Crippen LogP contribution in [0, 0.1) is 5.92 Å². The lowest BCUT2D eigenvalue weighted by Crippen LogP contribution is -2.56. The van der Waals surface area contributed by atoms with E-state index in [0.717, 1.165) is 24.6 Å². The Hall–Kier alpha value is -0.800. The number of nitrogens with one attached hydrogen (secondary N) is 1. The minimum Gasteiger partial charge on any atom is -0.468 e. The van der Waals surface area contributed by atoms with Gasteiger partial charge in [-0.2, -0.15) is 0 Å². The van der Waals surface area contributed by atoms with Gasteiger partial charge in [0.1, 0.15) is 5.76 Å². The van der Waals surface area contributed by atoms with Crippen molar-refractivity contribution in [3.63, 3.8) is 0 Å². The van der Waals surface area contributed by atoms with Crippen LogP contribution in [0.25, 0.3) is 0 Å². The average molecular weight is 278 g/mol. The molecule has 0 aromatic carbocycles. The van der Waals surface area contributed by atoms with E-state index in [4.69, 9.17) is 4.42 Å². The quantitative estimate of drug-likeness (QED) is 0.857. The van der Waals surface area contributed by atoms with Crippen LogP contribution in [-0.2, 0) is 0 Å². The summed E-state index contributed by atoms with van der Waals surface area (Å²) in [6, 6.07) is 4.42. The molecule has 20 heavy (non-hydrogen) atoms. The first-order valence-corrected chi connectivity index (χ1v) is 8.04. The van der Waals surface area contributed by atoms with E-state index in [1.54, 1.807) is 6.26 Å². The Kier molecular flexibility index (Phi) is 5.28. The molecular weight excluding hydrogens is 248 g/mol. The van der Waals surface area contributed by atoms with Crippen LogP contribution >= 0.6 is 0 Å². The van der Waals surface area contributed by atoms with E-state index < -0.39 is 0 Å². The van der Waals surface area contributed by atoms with E-state index >= 15 is 0 Å².